The van der Waals surface area contributed by atoms with E-state index in [4.69, 9.17) is 4.74 Å². The first kappa shape index (κ1) is 16.1. The van der Waals surface area contributed by atoms with E-state index in [0.29, 0.717) is 22.5 Å². The Morgan fingerprint density at radius 3 is 2.31 bits per heavy atom. The van der Waals surface area contributed by atoms with Gasteiger partial charge in [-0.1, -0.05) is 42.5 Å². The van der Waals surface area contributed by atoms with Crippen LogP contribution in [0.25, 0.3) is 11.3 Å². The van der Waals surface area contributed by atoms with E-state index in [1.807, 2.05) is 42.5 Å². The van der Waals surface area contributed by atoms with Crippen LogP contribution in [0.5, 0.6) is 5.75 Å². The summed E-state index contributed by atoms with van der Waals surface area (Å²) < 4.78 is 18.8. The lowest BCUT2D eigenvalue weighted by Gasteiger charge is -2.12. The standard InChI is InChI=1S/C22H16FNO2/c1-26-17-11-9-14(10-12-17)20-21(24-16-6-4-5-15(23)13-16)18-7-2-3-8-19(18)22(20)25/h2-13,24H,1H3. The molecule has 3 nitrogen and oxygen atoms in total. The molecule has 3 aromatic rings. The molecule has 0 aliphatic heterocycles. The van der Waals surface area contributed by atoms with Crippen molar-refractivity contribution in [3.8, 4) is 5.75 Å². The van der Waals surface area contributed by atoms with E-state index in [-0.39, 0.29) is 11.6 Å². The Labute approximate surface area is 150 Å². The Bertz CT molecular complexity index is 1020. The van der Waals surface area contributed by atoms with Gasteiger partial charge in [-0.2, -0.15) is 0 Å². The summed E-state index contributed by atoms with van der Waals surface area (Å²) in [6.07, 6.45) is 0. The van der Waals surface area contributed by atoms with E-state index >= 15 is 0 Å². The minimum absolute atomic E-state index is 0.0512. The number of hydrogen-bond donors (Lipinski definition) is 1. The van der Waals surface area contributed by atoms with Crippen LogP contribution >= 0.6 is 0 Å². The number of carbonyl (C=O) groups is 1. The maximum Gasteiger partial charge on any atom is 0.196 e. The molecule has 128 valence electrons. The number of halogens is 1. The van der Waals surface area contributed by atoms with E-state index in [1.165, 1.54) is 12.1 Å². The fourth-order valence-electron chi connectivity index (χ4n) is 3.16. The van der Waals surface area contributed by atoms with Crippen molar-refractivity contribution >= 4 is 22.7 Å². The van der Waals surface area contributed by atoms with Crippen molar-refractivity contribution in [1.82, 2.24) is 0 Å². The smallest absolute Gasteiger partial charge is 0.196 e. The number of hydrogen-bond acceptors (Lipinski definition) is 3. The van der Waals surface area contributed by atoms with Crippen molar-refractivity contribution in [2.24, 2.45) is 0 Å². The van der Waals surface area contributed by atoms with Gasteiger partial charge in [-0.25, -0.2) is 4.39 Å². The summed E-state index contributed by atoms with van der Waals surface area (Å²) in [7, 11) is 1.60. The molecule has 4 heteroatoms. The summed E-state index contributed by atoms with van der Waals surface area (Å²) >= 11 is 0. The van der Waals surface area contributed by atoms with Crippen molar-refractivity contribution in [1.29, 1.82) is 0 Å². The molecular formula is C22H16FNO2. The zero-order valence-electron chi connectivity index (χ0n) is 14.1. The molecule has 0 saturated carbocycles. The number of methoxy groups -OCH3 is 1. The number of fused-ring (bicyclic) bond motifs is 1. The quantitative estimate of drug-likeness (QED) is 0.722. The lowest BCUT2D eigenvalue weighted by atomic mass is 10.0. The Morgan fingerprint density at radius 2 is 1.62 bits per heavy atom. The van der Waals surface area contributed by atoms with Gasteiger partial charge in [0.1, 0.15) is 11.6 Å². The Morgan fingerprint density at radius 1 is 0.885 bits per heavy atom. The van der Waals surface area contributed by atoms with Gasteiger partial charge in [0.2, 0.25) is 0 Å². The number of allylic oxidation sites excluding steroid dienone is 1. The zero-order chi connectivity index (χ0) is 18.1. The Balaban J connectivity index is 1.86. The number of Topliss-reactive ketones (excluding diaryl/α,β-unsaturated/α-hetero) is 1. The Hall–Kier alpha value is -3.40. The highest BCUT2D eigenvalue weighted by Gasteiger charge is 2.30. The number of carbonyl (C=O) groups excluding carboxylic acids is 1. The van der Waals surface area contributed by atoms with Crippen molar-refractivity contribution in [3.05, 3.63) is 95.3 Å². The molecule has 1 aliphatic carbocycles. The highest BCUT2D eigenvalue weighted by Crippen LogP contribution is 2.39. The first-order valence-electron chi connectivity index (χ1n) is 8.23. The fourth-order valence-corrected chi connectivity index (χ4v) is 3.16. The van der Waals surface area contributed by atoms with Crippen LogP contribution in [0.1, 0.15) is 21.5 Å². The van der Waals surface area contributed by atoms with Crippen LogP contribution in [0.2, 0.25) is 0 Å². The molecule has 0 fully saturated rings. The minimum atomic E-state index is -0.334. The molecule has 0 aromatic heterocycles. The molecule has 0 bridgehead atoms. The molecule has 0 heterocycles. The van der Waals surface area contributed by atoms with Crippen molar-refractivity contribution in [3.63, 3.8) is 0 Å². The van der Waals surface area contributed by atoms with E-state index in [2.05, 4.69) is 5.32 Å². The van der Waals surface area contributed by atoms with Gasteiger partial charge in [0, 0.05) is 16.8 Å². The second-order valence-electron chi connectivity index (χ2n) is 5.99. The van der Waals surface area contributed by atoms with Gasteiger partial charge in [-0.3, -0.25) is 4.79 Å². The van der Waals surface area contributed by atoms with Gasteiger partial charge in [-0.15, -0.1) is 0 Å². The first-order valence-corrected chi connectivity index (χ1v) is 8.23. The second kappa shape index (κ2) is 6.48. The molecule has 0 saturated heterocycles. The maximum absolute atomic E-state index is 13.6. The lowest BCUT2D eigenvalue weighted by Crippen LogP contribution is -2.01. The number of benzene rings is 3. The third-order valence-electron chi connectivity index (χ3n) is 4.39. The predicted octanol–water partition coefficient (Wildman–Crippen LogP) is 5.01. The molecule has 0 radical (unpaired) electrons. The van der Waals surface area contributed by atoms with E-state index in [0.717, 1.165) is 16.9 Å². The highest BCUT2D eigenvalue weighted by molar-refractivity contribution is 6.40. The van der Waals surface area contributed by atoms with Crippen molar-refractivity contribution in [2.45, 2.75) is 0 Å². The van der Waals surface area contributed by atoms with Crippen LogP contribution in [-0.4, -0.2) is 12.9 Å². The van der Waals surface area contributed by atoms with Gasteiger partial charge in [0.25, 0.3) is 0 Å². The molecule has 26 heavy (non-hydrogen) atoms. The van der Waals surface area contributed by atoms with Gasteiger partial charge >= 0.3 is 0 Å². The van der Waals surface area contributed by atoms with Gasteiger partial charge in [-0.05, 0) is 35.9 Å². The van der Waals surface area contributed by atoms with E-state index in [9.17, 15) is 9.18 Å². The summed E-state index contributed by atoms with van der Waals surface area (Å²) in [6.45, 7) is 0. The molecule has 1 N–H and O–H groups in total. The van der Waals surface area contributed by atoms with Crippen LogP contribution < -0.4 is 10.1 Å². The second-order valence-corrected chi connectivity index (χ2v) is 5.99. The minimum Gasteiger partial charge on any atom is -0.497 e. The number of ether oxygens (including phenoxy) is 1. The molecular weight excluding hydrogens is 329 g/mol. The van der Waals surface area contributed by atoms with E-state index < -0.39 is 0 Å². The summed E-state index contributed by atoms with van der Waals surface area (Å²) in [5, 5.41) is 3.23. The molecule has 4 rings (SSSR count). The average molecular weight is 345 g/mol. The van der Waals surface area contributed by atoms with E-state index in [1.54, 1.807) is 25.3 Å². The first-order chi connectivity index (χ1) is 12.7. The lowest BCUT2D eigenvalue weighted by molar-refractivity contribution is 0.105. The topological polar surface area (TPSA) is 38.3 Å². The fraction of sp³-hybridized carbons (Fsp3) is 0.0455. The molecule has 0 unspecified atom stereocenters. The number of anilines is 1. The van der Waals surface area contributed by atoms with Gasteiger partial charge in [0.05, 0.1) is 18.4 Å². The molecule has 0 atom stereocenters. The summed E-state index contributed by atoms with van der Waals surface area (Å²) in [5.74, 6) is 0.334. The van der Waals surface area contributed by atoms with Crippen molar-refractivity contribution < 1.29 is 13.9 Å². The molecule has 0 spiro atoms. The van der Waals surface area contributed by atoms with Crippen LogP contribution in [0.15, 0.2) is 72.8 Å². The largest absolute Gasteiger partial charge is 0.497 e. The van der Waals surface area contributed by atoms with Gasteiger partial charge in [0.15, 0.2) is 5.78 Å². The molecule has 3 aromatic carbocycles. The van der Waals surface area contributed by atoms with Crippen LogP contribution in [0.4, 0.5) is 10.1 Å². The van der Waals surface area contributed by atoms with Crippen molar-refractivity contribution in [2.75, 3.05) is 12.4 Å². The number of ketones is 1. The highest BCUT2D eigenvalue weighted by atomic mass is 19.1. The summed E-state index contributed by atoms with van der Waals surface area (Å²) in [6, 6.07) is 21.0. The molecule has 1 aliphatic rings. The third-order valence-corrected chi connectivity index (χ3v) is 4.39. The summed E-state index contributed by atoms with van der Waals surface area (Å²) in [4.78, 5) is 13.0. The van der Waals surface area contributed by atoms with Crippen LogP contribution in [0, 0.1) is 5.82 Å². The zero-order valence-corrected chi connectivity index (χ0v) is 14.1. The molecule has 0 amide bonds. The Kier molecular flexibility index (Phi) is 4.01. The predicted molar refractivity (Wildman–Crippen MR) is 101 cm³/mol. The number of rotatable bonds is 4. The third kappa shape index (κ3) is 2.75. The van der Waals surface area contributed by atoms with Crippen LogP contribution in [0.3, 0.4) is 0 Å². The van der Waals surface area contributed by atoms with Crippen LogP contribution in [-0.2, 0) is 0 Å². The number of nitrogens with one attached hydrogen (secondary N) is 1. The van der Waals surface area contributed by atoms with Gasteiger partial charge < -0.3 is 10.1 Å². The maximum atomic E-state index is 13.6. The monoisotopic (exact) mass is 345 g/mol. The normalized spacial score (nSPS) is 12.9. The average Bonchev–Trinajstić information content (AvgIpc) is 2.94. The SMILES string of the molecule is COc1ccc(C2=C(Nc3cccc(F)c3)c3ccccc3C2=O)cc1. The summed E-state index contributed by atoms with van der Waals surface area (Å²) in [5.41, 5.74) is 4.07.